The molecule has 1 aliphatic heterocycles. The smallest absolute Gasteiger partial charge is 0.254 e. The second-order valence-electron chi connectivity index (χ2n) is 7.36. The third-order valence-electron chi connectivity index (χ3n) is 5.42. The maximum absolute atomic E-state index is 13.2. The van der Waals surface area contributed by atoms with Crippen molar-refractivity contribution in [1.29, 1.82) is 0 Å². The number of aromatic nitrogens is 1. The molecule has 2 aromatic carbocycles. The van der Waals surface area contributed by atoms with Crippen molar-refractivity contribution in [1.82, 2.24) is 9.88 Å². The van der Waals surface area contributed by atoms with E-state index in [1.165, 1.54) is 0 Å². The van der Waals surface area contributed by atoms with Crippen molar-refractivity contribution in [3.8, 4) is 23.3 Å². The van der Waals surface area contributed by atoms with Crippen molar-refractivity contribution in [3.63, 3.8) is 0 Å². The first-order chi connectivity index (χ1) is 15.7. The number of anilines is 1. The molecule has 1 fully saturated rings. The normalized spacial score (nSPS) is 13.2. The van der Waals surface area contributed by atoms with Crippen molar-refractivity contribution in [2.24, 2.45) is 0 Å². The molecule has 0 spiro atoms. The fourth-order valence-corrected chi connectivity index (χ4v) is 3.66. The first-order valence-corrected chi connectivity index (χ1v) is 10.5. The number of nitrogens with zero attached hydrogens (tertiary/aromatic N) is 3. The highest BCUT2D eigenvalue weighted by atomic mass is 16.5. The predicted octanol–water partition coefficient (Wildman–Crippen LogP) is 3.46. The van der Waals surface area contributed by atoms with Crippen LogP contribution >= 0.6 is 0 Å². The van der Waals surface area contributed by atoms with Crippen molar-refractivity contribution in [3.05, 3.63) is 83.7 Å². The maximum atomic E-state index is 13.2. The summed E-state index contributed by atoms with van der Waals surface area (Å²) < 4.78 is 10.8. The largest absolute Gasteiger partial charge is 0.497 e. The summed E-state index contributed by atoms with van der Waals surface area (Å²) in [5, 5.41) is 0. The number of hydrogen-bond donors (Lipinski definition) is 0. The highest BCUT2D eigenvalue weighted by molar-refractivity contribution is 5.95. The summed E-state index contributed by atoms with van der Waals surface area (Å²) in [6.45, 7) is 2.83. The van der Waals surface area contributed by atoms with Gasteiger partial charge in [0.05, 0.1) is 19.8 Å². The van der Waals surface area contributed by atoms with E-state index in [0.717, 1.165) is 24.5 Å². The summed E-state index contributed by atoms with van der Waals surface area (Å²) in [6.07, 6.45) is 1.70. The molecule has 0 N–H and O–H groups in total. The van der Waals surface area contributed by atoms with E-state index < -0.39 is 0 Å². The van der Waals surface area contributed by atoms with E-state index >= 15 is 0 Å². The average Bonchev–Trinajstić information content (AvgIpc) is 2.87. The van der Waals surface area contributed by atoms with E-state index in [0.29, 0.717) is 35.7 Å². The quantitative estimate of drug-likeness (QED) is 0.597. The van der Waals surface area contributed by atoms with Gasteiger partial charge in [-0.15, -0.1) is 0 Å². The molecule has 0 saturated carbocycles. The van der Waals surface area contributed by atoms with Crippen LogP contribution in [-0.2, 0) is 0 Å². The molecule has 2 heterocycles. The summed E-state index contributed by atoms with van der Waals surface area (Å²) in [5.41, 5.74) is 3.04. The average molecular weight is 428 g/mol. The van der Waals surface area contributed by atoms with Crippen LogP contribution in [0.5, 0.6) is 11.5 Å². The van der Waals surface area contributed by atoms with Gasteiger partial charge in [-0.25, -0.2) is 4.98 Å². The Morgan fingerprint density at radius 1 is 0.906 bits per heavy atom. The van der Waals surface area contributed by atoms with Gasteiger partial charge in [0.25, 0.3) is 5.91 Å². The van der Waals surface area contributed by atoms with E-state index in [2.05, 4.69) is 27.8 Å². The van der Waals surface area contributed by atoms with Crippen molar-refractivity contribution in [2.75, 3.05) is 45.3 Å². The zero-order valence-electron chi connectivity index (χ0n) is 18.2. The van der Waals surface area contributed by atoms with Crippen molar-refractivity contribution in [2.45, 2.75) is 0 Å². The Labute approximate surface area is 188 Å². The SMILES string of the molecule is COc1cccc(N2CCN(C(=O)c3ccc(OC)c(C#Cc4ccccn4)c3)CC2)c1. The zero-order valence-corrected chi connectivity index (χ0v) is 18.2. The molecule has 1 saturated heterocycles. The molecular formula is C26H25N3O3. The van der Waals surface area contributed by atoms with Gasteiger partial charge in [0.1, 0.15) is 17.2 Å². The number of rotatable bonds is 4. The number of hydrogen-bond acceptors (Lipinski definition) is 5. The Morgan fingerprint density at radius 2 is 1.75 bits per heavy atom. The van der Waals surface area contributed by atoms with Crippen molar-refractivity contribution >= 4 is 11.6 Å². The number of benzene rings is 2. The van der Waals surface area contributed by atoms with Gasteiger partial charge in [0, 0.05) is 49.7 Å². The van der Waals surface area contributed by atoms with E-state index in [1.54, 1.807) is 38.6 Å². The van der Waals surface area contributed by atoms with Crippen LogP contribution in [0.4, 0.5) is 5.69 Å². The minimum Gasteiger partial charge on any atom is -0.497 e. The number of pyridine rings is 1. The lowest BCUT2D eigenvalue weighted by atomic mass is 10.1. The van der Waals surface area contributed by atoms with E-state index in [1.807, 2.05) is 41.3 Å². The molecule has 3 aromatic rings. The Bertz CT molecular complexity index is 1140. The Balaban J connectivity index is 1.47. The Kier molecular flexibility index (Phi) is 6.57. The molecule has 162 valence electrons. The lowest BCUT2D eigenvalue weighted by Gasteiger charge is -2.36. The molecule has 6 heteroatoms. The van der Waals surface area contributed by atoms with Gasteiger partial charge >= 0.3 is 0 Å². The highest BCUT2D eigenvalue weighted by Crippen LogP contribution is 2.24. The second kappa shape index (κ2) is 9.88. The summed E-state index contributed by atoms with van der Waals surface area (Å²) in [4.78, 5) is 21.5. The summed E-state index contributed by atoms with van der Waals surface area (Å²) in [6, 6.07) is 19.0. The Hall–Kier alpha value is -3.98. The van der Waals surface area contributed by atoms with E-state index in [-0.39, 0.29) is 5.91 Å². The molecule has 32 heavy (non-hydrogen) atoms. The number of carbonyl (C=O) groups is 1. The molecule has 1 aliphatic rings. The maximum Gasteiger partial charge on any atom is 0.254 e. The van der Waals surface area contributed by atoms with Crippen LogP contribution in [0.3, 0.4) is 0 Å². The molecule has 0 unspecified atom stereocenters. The van der Waals surface area contributed by atoms with Crippen LogP contribution in [0.25, 0.3) is 0 Å². The number of ether oxygens (including phenoxy) is 2. The van der Waals surface area contributed by atoms with Gasteiger partial charge in [-0.05, 0) is 48.4 Å². The molecule has 0 bridgehead atoms. The topological polar surface area (TPSA) is 54.9 Å². The van der Waals surface area contributed by atoms with Crippen LogP contribution in [0.15, 0.2) is 66.9 Å². The fraction of sp³-hybridized carbons (Fsp3) is 0.231. The van der Waals surface area contributed by atoms with E-state index in [9.17, 15) is 4.79 Å². The van der Waals surface area contributed by atoms with Crippen molar-refractivity contribution < 1.29 is 14.3 Å². The lowest BCUT2D eigenvalue weighted by molar-refractivity contribution is 0.0746. The second-order valence-corrected chi connectivity index (χ2v) is 7.36. The van der Waals surface area contributed by atoms with Gasteiger partial charge in [-0.1, -0.05) is 18.1 Å². The van der Waals surface area contributed by atoms with Gasteiger partial charge in [0.2, 0.25) is 0 Å². The third kappa shape index (κ3) is 4.84. The van der Waals surface area contributed by atoms with Crippen LogP contribution in [0.2, 0.25) is 0 Å². The van der Waals surface area contributed by atoms with Crippen LogP contribution < -0.4 is 14.4 Å². The molecule has 4 rings (SSSR count). The fourth-order valence-electron chi connectivity index (χ4n) is 3.66. The molecule has 0 atom stereocenters. The highest BCUT2D eigenvalue weighted by Gasteiger charge is 2.23. The van der Waals surface area contributed by atoms with Crippen LogP contribution in [0.1, 0.15) is 21.6 Å². The first-order valence-electron chi connectivity index (χ1n) is 10.5. The lowest BCUT2D eigenvalue weighted by Crippen LogP contribution is -2.48. The molecule has 1 amide bonds. The number of amides is 1. The summed E-state index contributed by atoms with van der Waals surface area (Å²) in [7, 11) is 3.26. The standard InChI is InChI=1S/C26H25N3O3/c1-31-24-8-5-7-23(19-24)28-14-16-29(17-15-28)26(30)21-10-12-25(32-2)20(18-21)9-11-22-6-3-4-13-27-22/h3-8,10,12-13,18-19H,14-17H2,1-2H3. The molecule has 0 radical (unpaired) electrons. The van der Waals surface area contributed by atoms with Crippen LogP contribution in [-0.4, -0.2) is 56.2 Å². The minimum atomic E-state index is -0.00108. The minimum absolute atomic E-state index is 0.00108. The third-order valence-corrected chi connectivity index (χ3v) is 5.42. The number of piperazine rings is 1. The Morgan fingerprint density at radius 3 is 2.47 bits per heavy atom. The summed E-state index contributed by atoms with van der Waals surface area (Å²) in [5.74, 6) is 7.58. The zero-order chi connectivity index (χ0) is 22.3. The van der Waals surface area contributed by atoms with Gasteiger partial charge < -0.3 is 19.3 Å². The van der Waals surface area contributed by atoms with Crippen LogP contribution in [0, 0.1) is 11.8 Å². The van der Waals surface area contributed by atoms with Gasteiger partial charge in [-0.2, -0.15) is 0 Å². The van der Waals surface area contributed by atoms with Gasteiger partial charge in [0.15, 0.2) is 0 Å². The predicted molar refractivity (Wildman–Crippen MR) is 124 cm³/mol. The monoisotopic (exact) mass is 427 g/mol. The molecule has 0 aliphatic carbocycles. The number of carbonyl (C=O) groups excluding carboxylic acids is 1. The first kappa shape index (κ1) is 21.3. The van der Waals surface area contributed by atoms with Gasteiger partial charge in [-0.3, -0.25) is 4.79 Å². The number of methoxy groups -OCH3 is 2. The molecule has 6 nitrogen and oxygen atoms in total. The molecule has 1 aromatic heterocycles. The molecular weight excluding hydrogens is 402 g/mol. The summed E-state index contributed by atoms with van der Waals surface area (Å²) >= 11 is 0. The van der Waals surface area contributed by atoms with E-state index in [4.69, 9.17) is 9.47 Å².